The average molecular weight is 993 g/mol. The second-order valence-corrected chi connectivity index (χ2v) is 17.9. The number of anilines is 1. The number of nitrogens with zero attached hydrogens (tertiary/aromatic N) is 5. The number of rotatable bonds is 12. The van der Waals surface area contributed by atoms with Crippen LogP contribution in [0.3, 0.4) is 0 Å². The van der Waals surface area contributed by atoms with Crippen LogP contribution in [0, 0.1) is 0 Å². The number of methoxy groups -OCH3 is 2. The molecule has 0 bridgehead atoms. The molecule has 0 fully saturated rings. The summed E-state index contributed by atoms with van der Waals surface area (Å²) >= 11 is 0. The summed E-state index contributed by atoms with van der Waals surface area (Å²) in [6.07, 6.45) is 0. The van der Waals surface area contributed by atoms with Crippen LogP contribution in [-0.2, 0) is 40.5 Å². The van der Waals surface area contributed by atoms with E-state index in [2.05, 4.69) is 30.8 Å². The largest absolute Gasteiger partial charge is 0.494 e. The molecule has 21 nitrogen and oxygen atoms in total. The molecule has 0 spiro atoms. The van der Waals surface area contributed by atoms with E-state index in [9.17, 15) is 57.0 Å². The van der Waals surface area contributed by atoms with Crippen LogP contribution >= 0.6 is 0 Å². The van der Waals surface area contributed by atoms with E-state index in [1.807, 2.05) is 0 Å². The third kappa shape index (κ3) is 14.3. The van der Waals surface area contributed by atoms with Crippen LogP contribution in [0.4, 0.5) is 34.1 Å². The Morgan fingerprint density at radius 1 is 0.484 bits per heavy atom. The number of hydrogen-bond donors (Lipinski definition) is 6. The Morgan fingerprint density at radius 2 is 0.859 bits per heavy atom. The Kier molecular flexibility index (Phi) is 20.8. The van der Waals surface area contributed by atoms with Gasteiger partial charge in [0.15, 0.2) is 0 Å². The van der Waals surface area contributed by atoms with Gasteiger partial charge < -0.3 is 19.9 Å². The van der Waals surface area contributed by atoms with Gasteiger partial charge in [-0.1, -0.05) is 12.1 Å². The van der Waals surface area contributed by atoms with Crippen LogP contribution in [0.25, 0.3) is 21.5 Å². The van der Waals surface area contributed by atoms with Crippen LogP contribution in [-0.4, -0.2) is 195 Å². The topological polar surface area (TPSA) is 330 Å². The molecule has 0 amide bonds. The summed E-state index contributed by atoms with van der Waals surface area (Å²) in [4.78, 5) is 1.11. The predicted octanol–water partition coefficient (Wildman–Crippen LogP) is 5.96. The summed E-state index contributed by atoms with van der Waals surface area (Å²) in [5, 5.41) is 29.7. The fourth-order valence-electron chi connectivity index (χ4n) is 5.58. The maximum Gasteiger partial charge on any atom is 0.295 e. The summed E-state index contributed by atoms with van der Waals surface area (Å²) in [5.74, 6) is 0.320. The van der Waals surface area contributed by atoms with E-state index >= 15 is 0 Å². The van der Waals surface area contributed by atoms with Gasteiger partial charge in [-0.3, -0.25) is 18.2 Å². The van der Waals surface area contributed by atoms with Gasteiger partial charge in [0.2, 0.25) is 0 Å². The van der Waals surface area contributed by atoms with Crippen molar-refractivity contribution in [2.24, 2.45) is 25.4 Å². The van der Waals surface area contributed by atoms with Crippen molar-refractivity contribution in [1.82, 2.24) is 0 Å². The first-order valence-electron chi connectivity index (χ1n) is 16.3. The molecule has 0 aliphatic carbocycles. The fourth-order valence-corrected chi connectivity index (χ4v) is 8.28. The number of azo groups is 2. The minimum atomic E-state index is -4.93. The Labute approximate surface area is 454 Å². The summed E-state index contributed by atoms with van der Waals surface area (Å²) < 4.78 is 144. The number of benzene rings is 6. The number of fused-ring (bicyclic) bond motifs is 2. The number of aliphatic imine (C=N–C) groups is 1. The van der Waals surface area contributed by atoms with E-state index in [4.69, 9.17) is 9.47 Å². The minimum Gasteiger partial charge on any atom is -0.494 e. The van der Waals surface area contributed by atoms with E-state index in [0.717, 1.165) is 12.1 Å². The maximum atomic E-state index is 12.0. The molecule has 0 aliphatic rings. The summed E-state index contributed by atoms with van der Waals surface area (Å²) in [7, 11) is -16.8. The maximum absolute atomic E-state index is 12.0. The molecule has 0 saturated carbocycles. The number of nitrogens with one attached hydrogen (secondary N) is 1. The second kappa shape index (κ2) is 23.0. The monoisotopic (exact) mass is 992 g/mol. The normalized spacial score (nSPS) is 12.2. The molecule has 0 aliphatic heterocycles. The molecule has 64 heavy (non-hydrogen) atoms. The number of hydrogen-bond acceptors (Lipinski definition) is 15. The second-order valence-electron chi connectivity index (χ2n) is 12.3. The molecule has 6 rings (SSSR count). The SMILES string of the molecule is COc1cc(N=Nc2ccc3cc(S(=O)(=O)O)cc(S(=O)(=O)O)c3c2)ccc1N=C(O)Nc1ccc(N=Nc2ccc3cc(S(=O)(=O)O)cc(S(=O)(=O)O)c3c2)cc1OC.[Na].[Na].[Na].[Na]. The fraction of sp³-hybridized carbons (Fsp3) is 0.0571. The van der Waals surface area contributed by atoms with Crippen LogP contribution in [0.1, 0.15) is 0 Å². The zero-order valence-corrected chi connectivity index (χ0v) is 45.7. The quantitative estimate of drug-likeness (QED) is 0.0271. The Balaban J connectivity index is 0.00000352. The molecule has 0 atom stereocenters. The van der Waals surface area contributed by atoms with Gasteiger partial charge in [-0.25, -0.2) is 0 Å². The molecule has 6 aromatic rings. The first kappa shape index (κ1) is 57.7. The Morgan fingerprint density at radius 3 is 1.25 bits per heavy atom. The van der Waals surface area contributed by atoms with Crippen LogP contribution in [0.5, 0.6) is 11.5 Å². The number of ether oxygens (including phenoxy) is 2. The van der Waals surface area contributed by atoms with E-state index in [0.29, 0.717) is 12.1 Å². The van der Waals surface area contributed by atoms with Gasteiger partial charge in [-0.2, -0.15) is 59.1 Å². The van der Waals surface area contributed by atoms with Crippen LogP contribution < -0.4 is 14.8 Å². The molecular formula is C35H28N6Na4O15S4. The van der Waals surface area contributed by atoms with Crippen LogP contribution in [0.2, 0.25) is 0 Å². The predicted molar refractivity (Wildman–Crippen MR) is 238 cm³/mol. The molecule has 6 N–H and O–H groups in total. The van der Waals surface area contributed by atoms with E-state index < -0.39 is 66.1 Å². The van der Waals surface area contributed by atoms with Crippen LogP contribution in [0.15, 0.2) is 142 Å². The van der Waals surface area contributed by atoms with Crippen molar-refractivity contribution in [2.75, 3.05) is 19.5 Å². The zero-order chi connectivity index (χ0) is 43.8. The summed E-state index contributed by atoms with van der Waals surface area (Å²) in [6, 6.07) is 19.3. The molecule has 0 aromatic heterocycles. The first-order chi connectivity index (χ1) is 28.0. The number of amidine groups is 1. The summed E-state index contributed by atoms with van der Waals surface area (Å²) in [6.45, 7) is 0. The van der Waals surface area contributed by atoms with Gasteiger partial charge in [0.1, 0.15) is 27.0 Å². The Hall–Kier alpha value is -2.45. The van der Waals surface area contributed by atoms with Crippen molar-refractivity contribution in [3.8, 4) is 11.5 Å². The third-order valence-electron chi connectivity index (χ3n) is 8.28. The third-order valence-corrected chi connectivity index (χ3v) is 11.7. The van der Waals surface area contributed by atoms with Gasteiger partial charge in [0.05, 0.1) is 52.4 Å². The van der Waals surface area contributed by atoms with Crippen molar-refractivity contribution in [2.45, 2.75) is 19.6 Å². The molecule has 0 saturated heterocycles. The van der Waals surface area contributed by atoms with Gasteiger partial charge in [0.25, 0.3) is 46.5 Å². The minimum absolute atomic E-state index is 0. The first-order valence-corrected chi connectivity index (χ1v) is 22.1. The van der Waals surface area contributed by atoms with Gasteiger partial charge in [-0.15, -0.1) is 0 Å². The standard InChI is InChI=1S/C35H28N6O15S4.4Na/c1-55-31-15-23(40-38-21-5-3-19-11-25(57(43,44)45)17-33(27(19)13-21)59(49,50)51)7-9-29(31)36-35(42)37-30-10-8-24(16-32(30)56-2)41-39-22-6-4-20-12-26(58(46,47)48)18-34(28(20)14-22)60(52,53)54;;;;/h3-18H,1-2H3,(H2,36,37,42)(H,43,44,45)(H,46,47,48)(H,49,50,51)(H,52,53,54);;;;. The molecular weight excluding hydrogens is 965 g/mol. The molecule has 316 valence electrons. The molecule has 6 aromatic carbocycles. The van der Waals surface area contributed by atoms with Crippen molar-refractivity contribution < 1.29 is 66.5 Å². The van der Waals surface area contributed by atoms with Crippen molar-refractivity contribution in [1.29, 1.82) is 0 Å². The number of aliphatic hydroxyl groups excluding tert-OH is 1. The van der Waals surface area contributed by atoms with E-state index in [-0.39, 0.29) is 185 Å². The summed E-state index contributed by atoms with van der Waals surface area (Å²) in [5.41, 5.74) is 1.08. The van der Waals surface area contributed by atoms with Crippen molar-refractivity contribution in [3.05, 3.63) is 97.1 Å². The van der Waals surface area contributed by atoms with Gasteiger partial charge in [0, 0.05) is 141 Å². The Bertz CT molecular complexity index is 3310. The smallest absolute Gasteiger partial charge is 0.295 e. The zero-order valence-electron chi connectivity index (χ0n) is 34.4. The number of aliphatic hydroxyl groups is 1. The molecule has 29 heteroatoms. The average Bonchev–Trinajstić information content (AvgIpc) is 3.17. The van der Waals surface area contributed by atoms with E-state index in [1.54, 1.807) is 0 Å². The van der Waals surface area contributed by atoms with Gasteiger partial charge >= 0.3 is 0 Å². The van der Waals surface area contributed by atoms with E-state index in [1.165, 1.54) is 87.0 Å². The molecule has 0 unspecified atom stereocenters. The molecule has 0 heterocycles. The van der Waals surface area contributed by atoms with Gasteiger partial charge in [-0.05, 0) is 83.6 Å². The van der Waals surface area contributed by atoms with Crippen molar-refractivity contribution >= 4 is 220 Å². The van der Waals surface area contributed by atoms with Crippen molar-refractivity contribution in [3.63, 3.8) is 0 Å². The molecule has 4 radical (unpaired) electrons.